The van der Waals surface area contributed by atoms with E-state index in [0.29, 0.717) is 12.1 Å². The van der Waals surface area contributed by atoms with Crippen molar-refractivity contribution in [1.29, 1.82) is 0 Å². The van der Waals surface area contributed by atoms with Crippen LogP contribution in [0.25, 0.3) is 0 Å². The number of pyridine rings is 1. The largest absolute Gasteiger partial charge is 0.320 e. The van der Waals surface area contributed by atoms with Crippen LogP contribution in [0.4, 0.5) is 5.82 Å². The van der Waals surface area contributed by atoms with Crippen LogP contribution in [-0.2, 0) is 10.0 Å². The van der Waals surface area contributed by atoms with E-state index in [0.717, 1.165) is 6.42 Å². The zero-order chi connectivity index (χ0) is 13.4. The van der Waals surface area contributed by atoms with Gasteiger partial charge < -0.3 is 5.73 Å². The lowest BCUT2D eigenvalue weighted by Gasteiger charge is -2.06. The van der Waals surface area contributed by atoms with Crippen molar-refractivity contribution in [1.82, 2.24) is 4.98 Å². The standard InChI is InChI=1S/C12H17N3O2S/c1-2-3-10-18(16,17)15-12-8-4-6-11(14-12)7-5-9-13/h4,6,8H,2-3,9-10,13H2,1H3,(H,14,15). The van der Waals surface area contributed by atoms with Crippen LogP contribution in [0.3, 0.4) is 0 Å². The molecular formula is C12H17N3O2S. The number of nitrogens with two attached hydrogens (primary N) is 1. The summed E-state index contributed by atoms with van der Waals surface area (Å²) in [7, 11) is -3.32. The minimum absolute atomic E-state index is 0.101. The van der Waals surface area contributed by atoms with Gasteiger partial charge in [-0.25, -0.2) is 13.4 Å². The number of hydrogen-bond donors (Lipinski definition) is 2. The number of nitrogens with zero attached hydrogens (tertiary/aromatic N) is 1. The Hall–Kier alpha value is -1.58. The molecular weight excluding hydrogens is 250 g/mol. The Kier molecular flexibility index (Phi) is 5.62. The Bertz CT molecular complexity index is 544. The van der Waals surface area contributed by atoms with Gasteiger partial charge in [0, 0.05) is 0 Å². The molecule has 0 saturated heterocycles. The van der Waals surface area contributed by atoms with Gasteiger partial charge >= 0.3 is 0 Å². The Labute approximate surface area is 108 Å². The second kappa shape index (κ2) is 6.99. The van der Waals surface area contributed by atoms with Crippen molar-refractivity contribution < 1.29 is 8.42 Å². The topological polar surface area (TPSA) is 85.1 Å². The monoisotopic (exact) mass is 267 g/mol. The molecule has 0 unspecified atom stereocenters. The van der Waals surface area contributed by atoms with Crippen LogP contribution in [0.5, 0.6) is 0 Å². The maximum Gasteiger partial charge on any atom is 0.233 e. The van der Waals surface area contributed by atoms with Gasteiger partial charge in [-0.15, -0.1) is 0 Å². The molecule has 0 aliphatic rings. The predicted octanol–water partition coefficient (Wildman–Crippen LogP) is 0.934. The average molecular weight is 267 g/mol. The summed E-state index contributed by atoms with van der Waals surface area (Å²) < 4.78 is 25.8. The number of unbranched alkanes of at least 4 members (excludes halogenated alkanes) is 1. The third-order valence-corrected chi connectivity index (χ3v) is 3.44. The maximum atomic E-state index is 11.7. The van der Waals surface area contributed by atoms with Gasteiger partial charge in [0.2, 0.25) is 10.0 Å². The second-order valence-electron chi connectivity index (χ2n) is 3.69. The van der Waals surface area contributed by atoms with E-state index in [9.17, 15) is 8.42 Å². The fraction of sp³-hybridized carbons (Fsp3) is 0.417. The first-order valence-corrected chi connectivity index (χ1v) is 7.39. The van der Waals surface area contributed by atoms with Crippen molar-refractivity contribution in [2.75, 3.05) is 17.0 Å². The number of aromatic nitrogens is 1. The van der Waals surface area contributed by atoms with Crippen LogP contribution in [0, 0.1) is 11.8 Å². The summed E-state index contributed by atoms with van der Waals surface area (Å²) in [6, 6.07) is 4.99. The lowest BCUT2D eigenvalue weighted by Crippen LogP contribution is -2.17. The minimum Gasteiger partial charge on any atom is -0.320 e. The molecule has 0 spiro atoms. The molecule has 1 aromatic heterocycles. The van der Waals surface area contributed by atoms with Crippen molar-refractivity contribution in [2.24, 2.45) is 5.73 Å². The van der Waals surface area contributed by atoms with Crippen LogP contribution in [0.2, 0.25) is 0 Å². The number of nitrogens with one attached hydrogen (secondary N) is 1. The molecule has 3 N–H and O–H groups in total. The maximum absolute atomic E-state index is 11.7. The predicted molar refractivity (Wildman–Crippen MR) is 72.5 cm³/mol. The summed E-state index contributed by atoms with van der Waals surface area (Å²) >= 11 is 0. The Balaban J connectivity index is 2.79. The molecule has 98 valence electrons. The van der Waals surface area contributed by atoms with E-state index >= 15 is 0 Å². The highest BCUT2D eigenvalue weighted by Gasteiger charge is 2.10. The molecule has 0 radical (unpaired) electrons. The molecule has 0 aliphatic carbocycles. The normalized spacial score (nSPS) is 10.6. The Morgan fingerprint density at radius 3 is 2.89 bits per heavy atom. The summed E-state index contributed by atoms with van der Waals surface area (Å²) in [5, 5.41) is 0. The van der Waals surface area contributed by atoms with E-state index in [4.69, 9.17) is 5.73 Å². The summed E-state index contributed by atoms with van der Waals surface area (Å²) in [4.78, 5) is 4.08. The summed E-state index contributed by atoms with van der Waals surface area (Å²) in [5.41, 5.74) is 5.75. The van der Waals surface area contributed by atoms with Crippen LogP contribution >= 0.6 is 0 Å². The molecule has 6 heteroatoms. The minimum atomic E-state index is -3.32. The third kappa shape index (κ3) is 5.17. The van der Waals surface area contributed by atoms with E-state index in [2.05, 4.69) is 21.5 Å². The number of anilines is 1. The van der Waals surface area contributed by atoms with Crippen LogP contribution in [0.1, 0.15) is 25.5 Å². The first kappa shape index (κ1) is 14.5. The Morgan fingerprint density at radius 2 is 2.22 bits per heavy atom. The molecule has 0 aliphatic heterocycles. The summed E-state index contributed by atoms with van der Waals surface area (Å²) in [6.45, 7) is 2.19. The second-order valence-corrected chi connectivity index (χ2v) is 5.53. The van der Waals surface area contributed by atoms with Gasteiger partial charge in [0.25, 0.3) is 0 Å². The average Bonchev–Trinajstić information content (AvgIpc) is 2.34. The SMILES string of the molecule is CCCCS(=O)(=O)Nc1cccc(C#CCN)n1. The lowest BCUT2D eigenvalue weighted by atomic mass is 10.3. The molecule has 0 amide bonds. The van der Waals surface area contributed by atoms with Gasteiger partial charge in [0.1, 0.15) is 11.5 Å². The molecule has 0 atom stereocenters. The van der Waals surface area contributed by atoms with E-state index in [1.54, 1.807) is 18.2 Å². The molecule has 18 heavy (non-hydrogen) atoms. The molecule has 5 nitrogen and oxygen atoms in total. The molecule has 1 heterocycles. The van der Waals surface area contributed by atoms with Crippen molar-refractivity contribution in [2.45, 2.75) is 19.8 Å². The summed E-state index contributed by atoms with van der Waals surface area (Å²) in [5.74, 6) is 5.81. The highest BCUT2D eigenvalue weighted by Crippen LogP contribution is 2.07. The fourth-order valence-electron chi connectivity index (χ4n) is 1.25. The van der Waals surface area contributed by atoms with Crippen molar-refractivity contribution in [3.8, 4) is 11.8 Å². The van der Waals surface area contributed by atoms with Crippen LogP contribution in [0.15, 0.2) is 18.2 Å². The van der Waals surface area contributed by atoms with Gasteiger partial charge in [-0.1, -0.05) is 25.3 Å². The quantitative estimate of drug-likeness (QED) is 0.777. The number of hydrogen-bond acceptors (Lipinski definition) is 4. The van der Waals surface area contributed by atoms with Gasteiger partial charge in [-0.05, 0) is 24.5 Å². The molecule has 0 fully saturated rings. The molecule has 0 aromatic carbocycles. The highest BCUT2D eigenvalue weighted by atomic mass is 32.2. The van der Waals surface area contributed by atoms with E-state index in [1.807, 2.05) is 6.92 Å². The lowest BCUT2D eigenvalue weighted by molar-refractivity contribution is 0.597. The van der Waals surface area contributed by atoms with E-state index in [-0.39, 0.29) is 18.1 Å². The van der Waals surface area contributed by atoms with Crippen LogP contribution < -0.4 is 10.5 Å². The van der Waals surface area contributed by atoms with E-state index < -0.39 is 10.0 Å². The number of rotatable bonds is 5. The van der Waals surface area contributed by atoms with Gasteiger partial charge in [-0.3, -0.25) is 4.72 Å². The van der Waals surface area contributed by atoms with Gasteiger partial charge in [0.05, 0.1) is 12.3 Å². The Morgan fingerprint density at radius 1 is 1.44 bits per heavy atom. The van der Waals surface area contributed by atoms with Crippen molar-refractivity contribution in [3.05, 3.63) is 23.9 Å². The van der Waals surface area contributed by atoms with E-state index in [1.165, 1.54) is 0 Å². The van der Waals surface area contributed by atoms with Gasteiger partial charge in [-0.2, -0.15) is 0 Å². The van der Waals surface area contributed by atoms with Gasteiger partial charge in [0.15, 0.2) is 0 Å². The van der Waals surface area contributed by atoms with Crippen LogP contribution in [-0.4, -0.2) is 25.7 Å². The fourth-order valence-corrected chi connectivity index (χ4v) is 2.45. The molecule has 0 saturated carbocycles. The highest BCUT2D eigenvalue weighted by molar-refractivity contribution is 7.92. The molecule has 1 aromatic rings. The van der Waals surface area contributed by atoms with Crippen molar-refractivity contribution in [3.63, 3.8) is 0 Å². The third-order valence-electron chi connectivity index (χ3n) is 2.09. The zero-order valence-electron chi connectivity index (χ0n) is 10.3. The van der Waals surface area contributed by atoms with Crippen molar-refractivity contribution >= 4 is 15.8 Å². The first-order valence-electron chi connectivity index (χ1n) is 5.74. The molecule has 1 rings (SSSR count). The number of sulfonamides is 1. The smallest absolute Gasteiger partial charge is 0.233 e. The first-order chi connectivity index (χ1) is 8.57. The molecule has 0 bridgehead atoms. The zero-order valence-corrected chi connectivity index (χ0v) is 11.1. The summed E-state index contributed by atoms with van der Waals surface area (Å²) in [6.07, 6.45) is 1.46.